The van der Waals surface area contributed by atoms with Crippen LogP contribution in [0.4, 0.5) is 0 Å². The normalized spacial score (nSPS) is 24.3. The van der Waals surface area contributed by atoms with Crippen molar-refractivity contribution in [1.29, 1.82) is 0 Å². The van der Waals surface area contributed by atoms with Crippen molar-refractivity contribution in [3.05, 3.63) is 0 Å². The molecule has 0 spiro atoms. The Labute approximate surface area is 84.1 Å². The van der Waals surface area contributed by atoms with Gasteiger partial charge in [-0.1, -0.05) is 13.8 Å². The summed E-state index contributed by atoms with van der Waals surface area (Å²) in [5.74, 6) is 2.31. The molecule has 1 aliphatic heterocycles. The van der Waals surface area contributed by atoms with E-state index in [0.29, 0.717) is 12.3 Å². The van der Waals surface area contributed by atoms with Crippen LogP contribution in [0, 0.1) is 11.3 Å². The smallest absolute Gasteiger partial charge is 0.303 e. The fourth-order valence-electron chi connectivity index (χ4n) is 1.89. The molecule has 0 amide bonds. The van der Waals surface area contributed by atoms with Gasteiger partial charge in [0.25, 0.3) is 0 Å². The second-order valence-corrected chi connectivity index (χ2v) is 5.62. The van der Waals surface area contributed by atoms with E-state index in [0.717, 1.165) is 5.75 Å². The van der Waals surface area contributed by atoms with Crippen molar-refractivity contribution in [3.63, 3.8) is 0 Å². The van der Waals surface area contributed by atoms with Crippen LogP contribution in [0.5, 0.6) is 0 Å². The molecule has 0 saturated carbocycles. The highest BCUT2D eigenvalue weighted by Crippen LogP contribution is 2.39. The average Bonchev–Trinajstić information content (AvgIpc) is 2.04. The third kappa shape index (κ3) is 3.22. The summed E-state index contributed by atoms with van der Waals surface area (Å²) in [5.41, 5.74) is -0.0285. The highest BCUT2D eigenvalue weighted by atomic mass is 32.2. The molecule has 1 rings (SSSR count). The predicted octanol–water partition coefficient (Wildman–Crippen LogP) is 2.63. The minimum absolute atomic E-state index is 0.0285. The van der Waals surface area contributed by atoms with E-state index in [-0.39, 0.29) is 5.41 Å². The van der Waals surface area contributed by atoms with Crippen molar-refractivity contribution >= 4 is 17.7 Å². The highest BCUT2D eigenvalue weighted by molar-refractivity contribution is 7.99. The van der Waals surface area contributed by atoms with E-state index in [9.17, 15) is 4.79 Å². The maximum absolute atomic E-state index is 10.7. The van der Waals surface area contributed by atoms with Crippen molar-refractivity contribution in [3.8, 4) is 0 Å². The third-order valence-electron chi connectivity index (χ3n) is 2.87. The Kier molecular flexibility index (Phi) is 3.65. The highest BCUT2D eigenvalue weighted by Gasteiger charge is 2.32. The Bertz CT molecular complexity index is 183. The van der Waals surface area contributed by atoms with Crippen LogP contribution >= 0.6 is 11.8 Å². The van der Waals surface area contributed by atoms with Gasteiger partial charge in [0.05, 0.1) is 6.42 Å². The molecule has 1 heterocycles. The van der Waals surface area contributed by atoms with Crippen LogP contribution < -0.4 is 0 Å². The van der Waals surface area contributed by atoms with Crippen molar-refractivity contribution in [2.45, 2.75) is 33.1 Å². The first-order chi connectivity index (χ1) is 6.02. The van der Waals surface area contributed by atoms with Gasteiger partial charge in [-0.05, 0) is 35.7 Å². The maximum atomic E-state index is 10.7. The van der Waals surface area contributed by atoms with E-state index in [2.05, 4.69) is 13.8 Å². The minimum atomic E-state index is -0.666. The van der Waals surface area contributed by atoms with Crippen LogP contribution in [-0.2, 0) is 4.79 Å². The van der Waals surface area contributed by atoms with Gasteiger partial charge >= 0.3 is 5.97 Å². The first-order valence-corrected chi connectivity index (χ1v) is 5.97. The van der Waals surface area contributed by atoms with Gasteiger partial charge < -0.3 is 5.11 Å². The molecule has 1 N–H and O–H groups in total. The summed E-state index contributed by atoms with van der Waals surface area (Å²) in [6, 6.07) is 0. The molecule has 0 aliphatic carbocycles. The number of hydrogen-bond acceptors (Lipinski definition) is 2. The van der Waals surface area contributed by atoms with Crippen LogP contribution in [-0.4, -0.2) is 22.6 Å². The SMILES string of the molecule is CC(C)(CC(=O)O)C1CCCSC1. The molecule has 1 fully saturated rings. The molecule has 1 aliphatic rings. The lowest BCUT2D eigenvalue weighted by Crippen LogP contribution is -2.30. The molecule has 3 heteroatoms. The summed E-state index contributed by atoms with van der Waals surface area (Å²) < 4.78 is 0. The lowest BCUT2D eigenvalue weighted by Gasteiger charge is -2.35. The molecule has 76 valence electrons. The lowest BCUT2D eigenvalue weighted by molar-refractivity contribution is -0.140. The molecule has 1 unspecified atom stereocenters. The monoisotopic (exact) mass is 202 g/mol. The average molecular weight is 202 g/mol. The van der Waals surface area contributed by atoms with E-state index in [4.69, 9.17) is 5.11 Å². The Morgan fingerprint density at radius 1 is 1.62 bits per heavy atom. The zero-order valence-corrected chi connectivity index (χ0v) is 9.19. The van der Waals surface area contributed by atoms with Crippen molar-refractivity contribution in [2.24, 2.45) is 11.3 Å². The molecule has 0 bridgehead atoms. The van der Waals surface area contributed by atoms with Gasteiger partial charge in [-0.2, -0.15) is 11.8 Å². The topological polar surface area (TPSA) is 37.3 Å². The van der Waals surface area contributed by atoms with Crippen molar-refractivity contribution < 1.29 is 9.90 Å². The van der Waals surface area contributed by atoms with Gasteiger partial charge in [0.1, 0.15) is 0 Å². The number of rotatable bonds is 3. The number of hydrogen-bond donors (Lipinski definition) is 1. The Morgan fingerprint density at radius 3 is 2.77 bits per heavy atom. The molecule has 0 aromatic carbocycles. The molecule has 1 saturated heterocycles. The van der Waals surface area contributed by atoms with Crippen LogP contribution in [0.2, 0.25) is 0 Å². The molecular weight excluding hydrogens is 184 g/mol. The number of aliphatic carboxylic acids is 1. The van der Waals surface area contributed by atoms with Gasteiger partial charge in [0.15, 0.2) is 0 Å². The first kappa shape index (κ1) is 10.9. The summed E-state index contributed by atoms with van der Waals surface area (Å²) in [5, 5.41) is 8.77. The minimum Gasteiger partial charge on any atom is -0.481 e. The quantitative estimate of drug-likeness (QED) is 0.764. The number of carbonyl (C=O) groups is 1. The molecular formula is C10H18O2S. The third-order valence-corrected chi connectivity index (χ3v) is 4.09. The Hall–Kier alpha value is -0.180. The van der Waals surface area contributed by atoms with Crippen LogP contribution in [0.15, 0.2) is 0 Å². The van der Waals surface area contributed by atoms with Crippen molar-refractivity contribution in [1.82, 2.24) is 0 Å². The van der Waals surface area contributed by atoms with Crippen LogP contribution in [0.3, 0.4) is 0 Å². The number of carboxylic acid groups (broad SMARTS) is 1. The van der Waals surface area contributed by atoms with E-state index in [1.54, 1.807) is 0 Å². The second-order valence-electron chi connectivity index (χ2n) is 4.47. The second kappa shape index (κ2) is 4.36. The van der Waals surface area contributed by atoms with E-state index < -0.39 is 5.97 Å². The molecule has 0 aromatic heterocycles. The molecule has 1 atom stereocenters. The standard InChI is InChI=1S/C10H18O2S/c1-10(2,6-9(11)12)8-4-3-5-13-7-8/h8H,3-7H2,1-2H3,(H,11,12). The molecule has 0 aromatic rings. The van der Waals surface area contributed by atoms with E-state index >= 15 is 0 Å². The number of carboxylic acids is 1. The van der Waals surface area contributed by atoms with Gasteiger partial charge in [-0.3, -0.25) is 4.79 Å². The van der Waals surface area contributed by atoms with Gasteiger partial charge in [0.2, 0.25) is 0 Å². The summed E-state index contributed by atoms with van der Waals surface area (Å²) >= 11 is 1.96. The van der Waals surface area contributed by atoms with E-state index in [1.165, 1.54) is 18.6 Å². The zero-order chi connectivity index (χ0) is 9.90. The fraction of sp³-hybridized carbons (Fsp3) is 0.900. The molecule has 0 radical (unpaired) electrons. The number of thioether (sulfide) groups is 1. The largest absolute Gasteiger partial charge is 0.481 e. The summed E-state index contributed by atoms with van der Waals surface area (Å²) in [7, 11) is 0. The maximum Gasteiger partial charge on any atom is 0.303 e. The molecule has 13 heavy (non-hydrogen) atoms. The fourth-order valence-corrected chi connectivity index (χ4v) is 3.33. The van der Waals surface area contributed by atoms with Gasteiger partial charge in [0, 0.05) is 0 Å². The first-order valence-electron chi connectivity index (χ1n) is 4.82. The Morgan fingerprint density at radius 2 is 2.31 bits per heavy atom. The van der Waals surface area contributed by atoms with Gasteiger partial charge in [-0.15, -0.1) is 0 Å². The van der Waals surface area contributed by atoms with Crippen LogP contribution in [0.25, 0.3) is 0 Å². The Balaban J connectivity index is 2.50. The zero-order valence-electron chi connectivity index (χ0n) is 8.38. The van der Waals surface area contributed by atoms with Crippen LogP contribution in [0.1, 0.15) is 33.1 Å². The summed E-state index contributed by atoms with van der Waals surface area (Å²) in [4.78, 5) is 10.7. The predicted molar refractivity (Wildman–Crippen MR) is 56.1 cm³/mol. The van der Waals surface area contributed by atoms with Gasteiger partial charge in [-0.25, -0.2) is 0 Å². The van der Waals surface area contributed by atoms with Crippen molar-refractivity contribution in [2.75, 3.05) is 11.5 Å². The summed E-state index contributed by atoms with van der Waals surface area (Å²) in [6.45, 7) is 4.16. The van der Waals surface area contributed by atoms with E-state index in [1.807, 2.05) is 11.8 Å². The summed E-state index contributed by atoms with van der Waals surface area (Å²) in [6.07, 6.45) is 2.75. The lowest BCUT2D eigenvalue weighted by atomic mass is 9.75. The molecule has 2 nitrogen and oxygen atoms in total.